The molecule has 0 unspecified atom stereocenters. The first-order chi connectivity index (χ1) is 20.2. The van der Waals surface area contributed by atoms with E-state index >= 15 is 0 Å². The van der Waals surface area contributed by atoms with Crippen LogP contribution in [0.25, 0.3) is 0 Å². The molecule has 2 heterocycles. The first-order valence-corrected chi connectivity index (χ1v) is 15.0. The molecule has 6 heteroatoms. The SMILES string of the molecule is CC(C)c1ccc(CN2CCc3cc(N)ccc32)cc1.CC(C)c1ccc(CN2CCc3cc([N+](=O)[O-])ccc32)cc1. The van der Waals surface area contributed by atoms with Gasteiger partial charge in [-0.3, -0.25) is 10.1 Å². The summed E-state index contributed by atoms with van der Waals surface area (Å²) in [6.45, 7) is 12.7. The van der Waals surface area contributed by atoms with E-state index in [1.165, 1.54) is 33.5 Å². The summed E-state index contributed by atoms with van der Waals surface area (Å²) in [7, 11) is 0. The number of nitrogens with two attached hydrogens (primary N) is 1. The van der Waals surface area contributed by atoms with Gasteiger partial charge in [-0.05, 0) is 82.3 Å². The molecule has 6 rings (SSSR count). The fourth-order valence-corrected chi connectivity index (χ4v) is 5.85. The van der Waals surface area contributed by atoms with Gasteiger partial charge in [0.1, 0.15) is 0 Å². The standard InChI is InChI=1S/C18H20N2O2.C18H22N2/c1-13(2)15-5-3-14(4-6-15)12-19-10-9-16-11-17(20(21)22)7-8-18(16)19;1-13(2)15-5-3-14(4-6-15)12-20-10-9-16-11-17(19)7-8-18(16)20/h3-8,11,13H,9-10,12H2,1-2H3;3-8,11,13H,9-10,12,19H2,1-2H3. The van der Waals surface area contributed by atoms with Gasteiger partial charge in [-0.2, -0.15) is 0 Å². The Labute approximate surface area is 249 Å². The third-order valence-corrected chi connectivity index (χ3v) is 8.40. The summed E-state index contributed by atoms with van der Waals surface area (Å²) in [4.78, 5) is 15.3. The van der Waals surface area contributed by atoms with Crippen molar-refractivity contribution in [2.75, 3.05) is 28.6 Å². The maximum Gasteiger partial charge on any atom is 0.269 e. The van der Waals surface area contributed by atoms with Crippen LogP contribution < -0.4 is 15.5 Å². The van der Waals surface area contributed by atoms with Crippen LogP contribution in [0.3, 0.4) is 0 Å². The number of hydrogen-bond donors (Lipinski definition) is 1. The zero-order chi connectivity index (χ0) is 29.8. The number of hydrogen-bond acceptors (Lipinski definition) is 5. The Morgan fingerprint density at radius 2 is 1.14 bits per heavy atom. The molecule has 0 fully saturated rings. The van der Waals surface area contributed by atoms with Crippen molar-refractivity contribution in [1.82, 2.24) is 0 Å². The quantitative estimate of drug-likeness (QED) is 0.139. The number of nitro groups is 1. The smallest absolute Gasteiger partial charge is 0.269 e. The highest BCUT2D eigenvalue weighted by Crippen LogP contribution is 2.33. The minimum absolute atomic E-state index is 0.182. The summed E-state index contributed by atoms with van der Waals surface area (Å²) in [5, 5.41) is 10.9. The number of nitrogens with zero attached hydrogens (tertiary/aromatic N) is 3. The van der Waals surface area contributed by atoms with Crippen LogP contribution in [0, 0.1) is 10.1 Å². The molecular formula is C36H42N4O2. The zero-order valence-electron chi connectivity index (χ0n) is 25.2. The Hall–Kier alpha value is -4.32. The summed E-state index contributed by atoms with van der Waals surface area (Å²) in [5.41, 5.74) is 17.2. The molecule has 0 saturated carbocycles. The van der Waals surface area contributed by atoms with Gasteiger partial charge in [-0.15, -0.1) is 0 Å². The Morgan fingerprint density at radius 1 is 0.690 bits per heavy atom. The number of fused-ring (bicyclic) bond motifs is 2. The minimum atomic E-state index is -0.326. The second kappa shape index (κ2) is 12.7. The van der Waals surface area contributed by atoms with Gasteiger partial charge in [0, 0.05) is 55.4 Å². The number of anilines is 3. The van der Waals surface area contributed by atoms with Crippen molar-refractivity contribution in [2.24, 2.45) is 0 Å². The number of rotatable bonds is 7. The molecule has 6 nitrogen and oxygen atoms in total. The minimum Gasteiger partial charge on any atom is -0.399 e. The third-order valence-electron chi connectivity index (χ3n) is 8.40. The summed E-state index contributed by atoms with van der Waals surface area (Å²) in [6.07, 6.45) is 1.98. The molecule has 42 heavy (non-hydrogen) atoms. The second-order valence-corrected chi connectivity index (χ2v) is 12.1. The summed E-state index contributed by atoms with van der Waals surface area (Å²) < 4.78 is 0. The lowest BCUT2D eigenvalue weighted by Crippen LogP contribution is -2.19. The van der Waals surface area contributed by atoms with E-state index in [0.29, 0.717) is 11.8 Å². The van der Waals surface area contributed by atoms with E-state index in [1.54, 1.807) is 12.1 Å². The normalized spacial score (nSPS) is 13.7. The second-order valence-electron chi connectivity index (χ2n) is 12.1. The van der Waals surface area contributed by atoms with Crippen LogP contribution in [-0.2, 0) is 25.9 Å². The predicted octanol–water partition coefficient (Wildman–Crippen LogP) is 8.24. The lowest BCUT2D eigenvalue weighted by atomic mass is 10.0. The molecule has 2 aliphatic heterocycles. The van der Waals surface area contributed by atoms with E-state index in [-0.39, 0.29) is 10.6 Å². The van der Waals surface area contributed by atoms with Crippen LogP contribution in [0.2, 0.25) is 0 Å². The van der Waals surface area contributed by atoms with E-state index in [4.69, 9.17) is 5.73 Å². The Bertz CT molecular complexity index is 1530. The fourth-order valence-electron chi connectivity index (χ4n) is 5.85. The van der Waals surface area contributed by atoms with Crippen LogP contribution in [-0.4, -0.2) is 18.0 Å². The molecule has 2 N–H and O–H groups in total. The van der Waals surface area contributed by atoms with Gasteiger partial charge in [-0.1, -0.05) is 76.2 Å². The van der Waals surface area contributed by atoms with Gasteiger partial charge in [0.2, 0.25) is 0 Å². The average molecular weight is 563 g/mol. The maximum atomic E-state index is 10.9. The molecule has 0 saturated heterocycles. The molecule has 0 bridgehead atoms. The van der Waals surface area contributed by atoms with Gasteiger partial charge >= 0.3 is 0 Å². The summed E-state index contributed by atoms with van der Waals surface area (Å²) in [5.74, 6) is 1.14. The van der Waals surface area contributed by atoms with Crippen molar-refractivity contribution in [2.45, 2.75) is 65.5 Å². The number of nitrogen functional groups attached to an aromatic ring is 1. The van der Waals surface area contributed by atoms with Gasteiger partial charge in [0.25, 0.3) is 5.69 Å². The summed E-state index contributed by atoms with van der Waals surface area (Å²) in [6, 6.07) is 29.2. The van der Waals surface area contributed by atoms with Crippen molar-refractivity contribution >= 4 is 22.7 Å². The first-order valence-electron chi connectivity index (χ1n) is 15.0. The topological polar surface area (TPSA) is 75.6 Å². The average Bonchev–Trinajstić information content (AvgIpc) is 3.57. The highest BCUT2D eigenvalue weighted by molar-refractivity contribution is 5.63. The molecule has 4 aromatic rings. The number of non-ortho nitro benzene ring substituents is 1. The lowest BCUT2D eigenvalue weighted by molar-refractivity contribution is -0.384. The van der Waals surface area contributed by atoms with Crippen molar-refractivity contribution in [1.29, 1.82) is 0 Å². The van der Waals surface area contributed by atoms with Crippen LogP contribution >= 0.6 is 0 Å². The Morgan fingerprint density at radius 3 is 1.60 bits per heavy atom. The predicted molar refractivity (Wildman–Crippen MR) is 175 cm³/mol. The van der Waals surface area contributed by atoms with Gasteiger partial charge in [0.05, 0.1) is 4.92 Å². The van der Waals surface area contributed by atoms with E-state index in [9.17, 15) is 10.1 Å². The molecular weight excluding hydrogens is 520 g/mol. The molecule has 218 valence electrons. The molecule has 2 aliphatic rings. The molecule has 0 atom stereocenters. The Kier molecular flexibility index (Phi) is 8.81. The summed E-state index contributed by atoms with van der Waals surface area (Å²) >= 11 is 0. The van der Waals surface area contributed by atoms with Crippen molar-refractivity contribution in [3.63, 3.8) is 0 Å². The fraction of sp³-hybridized carbons (Fsp3) is 0.333. The highest BCUT2D eigenvalue weighted by Gasteiger charge is 2.22. The van der Waals surface area contributed by atoms with Crippen LogP contribution in [0.1, 0.15) is 72.9 Å². The Balaban J connectivity index is 0.000000169. The van der Waals surface area contributed by atoms with Crippen molar-refractivity contribution < 1.29 is 4.92 Å². The third kappa shape index (κ3) is 6.76. The van der Waals surface area contributed by atoms with Gasteiger partial charge in [-0.25, -0.2) is 0 Å². The van der Waals surface area contributed by atoms with E-state index < -0.39 is 0 Å². The molecule has 0 aromatic heterocycles. The van der Waals surface area contributed by atoms with E-state index in [0.717, 1.165) is 56.0 Å². The molecule has 0 amide bonds. The molecule has 0 radical (unpaired) electrons. The highest BCUT2D eigenvalue weighted by atomic mass is 16.6. The van der Waals surface area contributed by atoms with Gasteiger partial charge in [0.15, 0.2) is 0 Å². The molecule has 4 aromatic carbocycles. The van der Waals surface area contributed by atoms with E-state index in [1.807, 2.05) is 12.1 Å². The first kappa shape index (κ1) is 29.2. The van der Waals surface area contributed by atoms with Gasteiger partial charge < -0.3 is 15.5 Å². The van der Waals surface area contributed by atoms with Crippen molar-refractivity contribution in [3.8, 4) is 0 Å². The molecule has 0 aliphatic carbocycles. The van der Waals surface area contributed by atoms with Crippen LogP contribution in [0.15, 0.2) is 84.9 Å². The van der Waals surface area contributed by atoms with E-state index in [2.05, 4.69) is 98.2 Å². The van der Waals surface area contributed by atoms with Crippen LogP contribution in [0.5, 0.6) is 0 Å². The number of benzene rings is 4. The maximum absolute atomic E-state index is 10.9. The van der Waals surface area contributed by atoms with Crippen LogP contribution in [0.4, 0.5) is 22.7 Å². The zero-order valence-corrected chi connectivity index (χ0v) is 25.2. The monoisotopic (exact) mass is 562 g/mol. The number of nitro benzene ring substituents is 1. The largest absolute Gasteiger partial charge is 0.399 e. The lowest BCUT2D eigenvalue weighted by Gasteiger charge is -2.20. The van der Waals surface area contributed by atoms with Crippen molar-refractivity contribution in [3.05, 3.63) is 128 Å². The molecule has 0 spiro atoms.